The quantitative estimate of drug-likeness (QED) is 0.920. The number of nitrogens with zero attached hydrogens (tertiary/aromatic N) is 2. The number of H-pyrrole nitrogens is 1. The molecule has 0 aliphatic carbocycles. The molecule has 4 nitrogen and oxygen atoms in total. The standard InChI is InChI=1S/C16H18ClN3O/c1-10-15(11(2)19-18-10)16(21)20-9-5-8-14(20)12-6-3-4-7-13(12)17/h3-4,6-7,14H,5,8-9H2,1-2H3,(H,18,19). The topological polar surface area (TPSA) is 49.0 Å². The summed E-state index contributed by atoms with van der Waals surface area (Å²) in [6, 6.07) is 7.83. The first kappa shape index (κ1) is 14.1. The van der Waals surface area contributed by atoms with Gasteiger partial charge in [0.25, 0.3) is 5.91 Å². The zero-order valence-electron chi connectivity index (χ0n) is 12.2. The van der Waals surface area contributed by atoms with Gasteiger partial charge in [0.15, 0.2) is 0 Å². The number of carbonyl (C=O) groups excluding carboxylic acids is 1. The van der Waals surface area contributed by atoms with Crippen molar-refractivity contribution in [3.63, 3.8) is 0 Å². The van der Waals surface area contributed by atoms with Crippen molar-refractivity contribution in [3.05, 3.63) is 51.8 Å². The Morgan fingerprint density at radius 3 is 2.81 bits per heavy atom. The molecule has 21 heavy (non-hydrogen) atoms. The van der Waals surface area contributed by atoms with Gasteiger partial charge in [-0.2, -0.15) is 5.10 Å². The Morgan fingerprint density at radius 1 is 1.38 bits per heavy atom. The monoisotopic (exact) mass is 303 g/mol. The highest BCUT2D eigenvalue weighted by Gasteiger charge is 2.33. The second-order valence-corrected chi connectivity index (χ2v) is 5.89. The molecule has 1 amide bonds. The third-order valence-electron chi connectivity index (χ3n) is 4.12. The maximum Gasteiger partial charge on any atom is 0.258 e. The van der Waals surface area contributed by atoms with Gasteiger partial charge in [0, 0.05) is 17.3 Å². The first-order valence-electron chi connectivity index (χ1n) is 7.16. The molecule has 0 saturated carbocycles. The number of rotatable bonds is 2. The second-order valence-electron chi connectivity index (χ2n) is 5.49. The molecular formula is C16H18ClN3O. The molecule has 1 aromatic carbocycles. The van der Waals surface area contributed by atoms with Gasteiger partial charge in [0.05, 0.1) is 17.3 Å². The summed E-state index contributed by atoms with van der Waals surface area (Å²) in [7, 11) is 0. The van der Waals surface area contributed by atoms with Crippen LogP contribution in [-0.2, 0) is 0 Å². The number of benzene rings is 1. The summed E-state index contributed by atoms with van der Waals surface area (Å²) in [5.74, 6) is 0.0427. The van der Waals surface area contributed by atoms with Gasteiger partial charge in [0.2, 0.25) is 0 Å². The normalized spacial score (nSPS) is 18.2. The van der Waals surface area contributed by atoms with Crippen molar-refractivity contribution in [2.24, 2.45) is 0 Å². The average Bonchev–Trinajstić information content (AvgIpc) is 3.06. The van der Waals surface area contributed by atoms with Crippen LogP contribution in [0.3, 0.4) is 0 Å². The third kappa shape index (κ3) is 2.44. The van der Waals surface area contributed by atoms with Crippen LogP contribution in [0.4, 0.5) is 0 Å². The van der Waals surface area contributed by atoms with Gasteiger partial charge < -0.3 is 4.90 Å². The first-order valence-corrected chi connectivity index (χ1v) is 7.54. The fourth-order valence-corrected chi connectivity index (χ4v) is 3.35. The summed E-state index contributed by atoms with van der Waals surface area (Å²) in [4.78, 5) is 14.8. The Kier molecular flexibility index (Phi) is 3.72. The van der Waals surface area contributed by atoms with Gasteiger partial charge in [-0.3, -0.25) is 9.89 Å². The molecule has 1 aromatic heterocycles. The van der Waals surface area contributed by atoms with E-state index in [-0.39, 0.29) is 11.9 Å². The minimum Gasteiger partial charge on any atom is -0.331 e. The molecule has 5 heteroatoms. The van der Waals surface area contributed by atoms with Crippen LogP contribution in [0.15, 0.2) is 24.3 Å². The summed E-state index contributed by atoms with van der Waals surface area (Å²) >= 11 is 6.31. The van der Waals surface area contributed by atoms with Crippen LogP contribution in [0, 0.1) is 13.8 Å². The third-order valence-corrected chi connectivity index (χ3v) is 4.46. The lowest BCUT2D eigenvalue weighted by Crippen LogP contribution is -2.31. The zero-order valence-corrected chi connectivity index (χ0v) is 12.9. The van der Waals surface area contributed by atoms with Crippen molar-refractivity contribution in [2.45, 2.75) is 32.7 Å². The molecule has 2 heterocycles. The molecule has 1 unspecified atom stereocenters. The van der Waals surface area contributed by atoms with Crippen LogP contribution in [0.25, 0.3) is 0 Å². The van der Waals surface area contributed by atoms with E-state index in [4.69, 9.17) is 11.6 Å². The van der Waals surface area contributed by atoms with E-state index in [9.17, 15) is 4.79 Å². The largest absolute Gasteiger partial charge is 0.331 e. The smallest absolute Gasteiger partial charge is 0.258 e. The Balaban J connectivity index is 1.95. The highest BCUT2D eigenvalue weighted by atomic mass is 35.5. The number of hydrogen-bond donors (Lipinski definition) is 1. The molecule has 0 radical (unpaired) electrons. The number of carbonyl (C=O) groups is 1. The summed E-state index contributed by atoms with van der Waals surface area (Å²) in [5, 5.41) is 7.73. The molecule has 1 N–H and O–H groups in total. The SMILES string of the molecule is Cc1n[nH]c(C)c1C(=O)N1CCCC1c1ccccc1Cl. The molecule has 1 aliphatic heterocycles. The maximum absolute atomic E-state index is 12.9. The Labute approximate surface area is 129 Å². The van der Waals surface area contributed by atoms with Crippen LogP contribution in [0.2, 0.25) is 5.02 Å². The number of hydrogen-bond acceptors (Lipinski definition) is 2. The summed E-state index contributed by atoms with van der Waals surface area (Å²) in [5.41, 5.74) is 3.29. The Morgan fingerprint density at radius 2 is 2.14 bits per heavy atom. The predicted octanol–water partition coefficient (Wildman–Crippen LogP) is 3.66. The van der Waals surface area contributed by atoms with E-state index in [0.717, 1.165) is 41.4 Å². The van der Waals surface area contributed by atoms with Gasteiger partial charge in [0.1, 0.15) is 0 Å². The van der Waals surface area contributed by atoms with Crippen molar-refractivity contribution in [2.75, 3.05) is 6.54 Å². The van der Waals surface area contributed by atoms with Gasteiger partial charge >= 0.3 is 0 Å². The van der Waals surface area contributed by atoms with Crippen LogP contribution in [-0.4, -0.2) is 27.5 Å². The molecule has 1 atom stereocenters. The number of likely N-dealkylation sites (tertiary alicyclic amines) is 1. The van der Waals surface area contributed by atoms with Gasteiger partial charge in [-0.1, -0.05) is 29.8 Å². The number of amides is 1. The molecule has 110 valence electrons. The highest BCUT2D eigenvalue weighted by Crippen LogP contribution is 2.36. The predicted molar refractivity (Wildman–Crippen MR) is 82.5 cm³/mol. The summed E-state index contributed by atoms with van der Waals surface area (Å²) in [6.07, 6.45) is 1.95. The number of halogens is 1. The first-order chi connectivity index (χ1) is 10.1. The second kappa shape index (κ2) is 5.53. The van der Waals surface area contributed by atoms with Gasteiger partial charge in [-0.05, 0) is 38.3 Å². The van der Waals surface area contributed by atoms with Crippen molar-refractivity contribution in [3.8, 4) is 0 Å². The van der Waals surface area contributed by atoms with Crippen LogP contribution < -0.4 is 0 Å². The van der Waals surface area contributed by atoms with E-state index in [1.165, 1.54) is 0 Å². The van der Waals surface area contributed by atoms with E-state index in [1.807, 2.05) is 43.0 Å². The number of nitrogens with one attached hydrogen (secondary N) is 1. The molecule has 1 fully saturated rings. The fraction of sp³-hybridized carbons (Fsp3) is 0.375. The average molecular weight is 304 g/mol. The van der Waals surface area contributed by atoms with Crippen molar-refractivity contribution in [1.82, 2.24) is 15.1 Å². The molecule has 0 spiro atoms. The lowest BCUT2D eigenvalue weighted by molar-refractivity contribution is 0.0734. The molecular weight excluding hydrogens is 286 g/mol. The van der Waals surface area contributed by atoms with Crippen LogP contribution >= 0.6 is 11.6 Å². The fourth-order valence-electron chi connectivity index (χ4n) is 3.09. The number of aryl methyl sites for hydroxylation is 2. The Bertz CT molecular complexity index is 660. The van der Waals surface area contributed by atoms with Gasteiger partial charge in [-0.15, -0.1) is 0 Å². The minimum absolute atomic E-state index is 0.0427. The van der Waals surface area contributed by atoms with Gasteiger partial charge in [-0.25, -0.2) is 0 Å². The van der Waals surface area contributed by atoms with Crippen LogP contribution in [0.1, 0.15) is 46.2 Å². The minimum atomic E-state index is 0.0427. The molecule has 2 aromatic rings. The zero-order chi connectivity index (χ0) is 15.0. The maximum atomic E-state index is 12.9. The lowest BCUT2D eigenvalue weighted by atomic mass is 10.0. The molecule has 1 saturated heterocycles. The number of aromatic amines is 1. The highest BCUT2D eigenvalue weighted by molar-refractivity contribution is 6.31. The van der Waals surface area contributed by atoms with Crippen molar-refractivity contribution in [1.29, 1.82) is 0 Å². The van der Waals surface area contributed by atoms with E-state index >= 15 is 0 Å². The van der Waals surface area contributed by atoms with Crippen LogP contribution in [0.5, 0.6) is 0 Å². The number of aromatic nitrogens is 2. The van der Waals surface area contributed by atoms with Crippen molar-refractivity contribution < 1.29 is 4.79 Å². The van der Waals surface area contributed by atoms with E-state index in [2.05, 4.69) is 10.2 Å². The van der Waals surface area contributed by atoms with E-state index in [0.29, 0.717) is 5.56 Å². The summed E-state index contributed by atoms with van der Waals surface area (Å²) in [6.45, 7) is 4.50. The Hall–Kier alpha value is -1.81. The lowest BCUT2D eigenvalue weighted by Gasteiger charge is -2.26. The molecule has 1 aliphatic rings. The van der Waals surface area contributed by atoms with Crippen molar-refractivity contribution >= 4 is 17.5 Å². The molecule has 3 rings (SSSR count). The van der Waals surface area contributed by atoms with E-state index in [1.54, 1.807) is 0 Å². The molecule has 0 bridgehead atoms. The van der Waals surface area contributed by atoms with E-state index < -0.39 is 0 Å². The summed E-state index contributed by atoms with van der Waals surface area (Å²) < 4.78 is 0.